The van der Waals surface area contributed by atoms with E-state index in [0.29, 0.717) is 0 Å². The molecule has 2 aliphatic rings. The summed E-state index contributed by atoms with van der Waals surface area (Å²) in [5, 5.41) is 0. The second-order valence-corrected chi connectivity index (χ2v) is 8.21. The van der Waals surface area contributed by atoms with Crippen molar-refractivity contribution in [2.75, 3.05) is 0 Å². The standard InChI is InChI=1S/C26H18N4.C3H4N2/c1-2-4-17(5-3-1)25-15-24-14-22-9-8-20(28-22)12-18-6-7-19(27-18)13-21-10-11-23(29-21)16-26(25)30-24;1-2-5-3-4-1/h1-16,27,30H;1-3H,(H,4,5). The molecule has 4 aromatic heterocycles. The van der Waals surface area contributed by atoms with Crippen LogP contribution in [0.15, 0.2) is 91.5 Å². The quantitative estimate of drug-likeness (QED) is 0.257. The number of nitrogens with one attached hydrogen (secondary N) is 3. The Balaban J connectivity index is 0.000000410. The highest BCUT2D eigenvalue weighted by Crippen LogP contribution is 2.27. The summed E-state index contributed by atoms with van der Waals surface area (Å²) in [6.07, 6.45) is 13.2. The maximum atomic E-state index is 4.77. The average molecular weight is 455 g/mol. The van der Waals surface area contributed by atoms with Gasteiger partial charge in [0.15, 0.2) is 0 Å². The Morgan fingerprint density at radius 2 is 1.20 bits per heavy atom. The van der Waals surface area contributed by atoms with Gasteiger partial charge in [0.1, 0.15) is 0 Å². The summed E-state index contributed by atoms with van der Waals surface area (Å²) in [6, 6.07) is 25.0. The van der Waals surface area contributed by atoms with Crippen molar-refractivity contribution in [2.24, 2.45) is 0 Å². The molecule has 0 radical (unpaired) electrons. The van der Waals surface area contributed by atoms with Crippen LogP contribution in [-0.4, -0.2) is 29.9 Å². The first kappa shape index (κ1) is 20.6. The van der Waals surface area contributed by atoms with Crippen molar-refractivity contribution in [2.45, 2.75) is 0 Å². The molecule has 2 aliphatic heterocycles. The molecular weight excluding hydrogens is 432 g/mol. The zero-order valence-electron chi connectivity index (χ0n) is 18.8. The van der Waals surface area contributed by atoms with Gasteiger partial charge in [0.05, 0.1) is 29.1 Å². The molecule has 168 valence electrons. The molecule has 3 N–H and O–H groups in total. The van der Waals surface area contributed by atoms with Gasteiger partial charge in [-0.3, -0.25) is 0 Å². The summed E-state index contributed by atoms with van der Waals surface area (Å²) < 4.78 is 0. The van der Waals surface area contributed by atoms with Crippen molar-refractivity contribution in [3.8, 4) is 11.1 Å². The van der Waals surface area contributed by atoms with E-state index in [1.807, 2.05) is 36.4 Å². The predicted octanol–water partition coefficient (Wildman–Crippen LogP) is 6.73. The molecule has 0 unspecified atom stereocenters. The Bertz CT molecular complexity index is 1670. The van der Waals surface area contributed by atoms with Crippen LogP contribution in [0.25, 0.3) is 57.5 Å². The van der Waals surface area contributed by atoms with Crippen LogP contribution < -0.4 is 0 Å². The minimum atomic E-state index is 0.922. The van der Waals surface area contributed by atoms with Gasteiger partial charge < -0.3 is 15.0 Å². The molecule has 6 nitrogen and oxygen atoms in total. The molecular formula is C29H22N6. The number of aromatic amines is 3. The number of aromatic nitrogens is 6. The van der Waals surface area contributed by atoms with E-state index in [9.17, 15) is 0 Å². The monoisotopic (exact) mass is 454 g/mol. The zero-order valence-corrected chi connectivity index (χ0v) is 18.8. The molecule has 8 bridgehead atoms. The molecule has 0 aliphatic carbocycles. The number of fused-ring (bicyclic) bond motifs is 8. The molecule has 0 fully saturated rings. The number of benzene rings is 1. The summed E-state index contributed by atoms with van der Waals surface area (Å²) in [4.78, 5) is 22.9. The van der Waals surface area contributed by atoms with Gasteiger partial charge in [0.25, 0.3) is 0 Å². The van der Waals surface area contributed by atoms with Gasteiger partial charge in [-0.15, -0.1) is 0 Å². The molecule has 0 atom stereocenters. The van der Waals surface area contributed by atoms with Crippen LogP contribution in [0.4, 0.5) is 0 Å². The van der Waals surface area contributed by atoms with Crippen LogP contribution in [0.3, 0.4) is 0 Å². The predicted molar refractivity (Wildman–Crippen MR) is 143 cm³/mol. The number of H-pyrrole nitrogens is 3. The number of imidazole rings is 1. The third kappa shape index (κ3) is 4.72. The zero-order chi connectivity index (χ0) is 23.5. The maximum Gasteiger partial charge on any atom is 0.0919 e. The second-order valence-electron chi connectivity index (χ2n) is 8.21. The third-order valence-corrected chi connectivity index (χ3v) is 5.66. The molecule has 5 aromatic rings. The van der Waals surface area contributed by atoms with Crippen LogP contribution in [0, 0.1) is 0 Å². The number of hydrogen-bond acceptors (Lipinski definition) is 3. The van der Waals surface area contributed by atoms with Crippen LogP contribution in [0.1, 0.15) is 22.8 Å². The van der Waals surface area contributed by atoms with Gasteiger partial charge in [-0.05, 0) is 72.3 Å². The number of hydrogen-bond donors (Lipinski definition) is 3. The molecule has 0 saturated heterocycles. The first-order chi connectivity index (χ1) is 17.3. The molecule has 0 amide bonds. The first-order valence-electron chi connectivity index (χ1n) is 11.4. The largest absolute Gasteiger partial charge is 0.355 e. The Hall–Kier alpha value is -4.97. The summed E-state index contributed by atoms with van der Waals surface area (Å²) in [7, 11) is 0. The highest BCUT2D eigenvalue weighted by Gasteiger charge is 2.06. The van der Waals surface area contributed by atoms with Crippen molar-refractivity contribution in [3.63, 3.8) is 0 Å². The molecule has 6 heteroatoms. The van der Waals surface area contributed by atoms with E-state index in [2.05, 4.69) is 80.6 Å². The minimum absolute atomic E-state index is 0.922. The number of nitrogens with zero attached hydrogens (tertiary/aromatic N) is 3. The summed E-state index contributed by atoms with van der Waals surface area (Å²) in [5.74, 6) is 0. The molecule has 7 rings (SSSR count). The van der Waals surface area contributed by atoms with Gasteiger partial charge in [-0.2, -0.15) is 0 Å². The van der Waals surface area contributed by atoms with Gasteiger partial charge in [0.2, 0.25) is 0 Å². The van der Waals surface area contributed by atoms with Crippen molar-refractivity contribution in [1.82, 2.24) is 29.9 Å². The van der Waals surface area contributed by atoms with Crippen molar-refractivity contribution < 1.29 is 0 Å². The van der Waals surface area contributed by atoms with Crippen LogP contribution in [0.2, 0.25) is 0 Å². The first-order valence-corrected chi connectivity index (χ1v) is 11.4. The van der Waals surface area contributed by atoms with Gasteiger partial charge >= 0.3 is 0 Å². The maximum absolute atomic E-state index is 4.77. The van der Waals surface area contributed by atoms with E-state index in [1.54, 1.807) is 18.7 Å². The highest BCUT2D eigenvalue weighted by atomic mass is 14.8. The summed E-state index contributed by atoms with van der Waals surface area (Å²) in [6.45, 7) is 0. The van der Waals surface area contributed by atoms with Gasteiger partial charge in [0, 0.05) is 40.0 Å². The van der Waals surface area contributed by atoms with Gasteiger partial charge in [-0.25, -0.2) is 15.0 Å². The minimum Gasteiger partial charge on any atom is -0.355 e. The molecule has 6 heterocycles. The Kier molecular flexibility index (Phi) is 5.37. The van der Waals surface area contributed by atoms with E-state index < -0.39 is 0 Å². The van der Waals surface area contributed by atoms with E-state index >= 15 is 0 Å². The normalized spacial score (nSPS) is 11.8. The Morgan fingerprint density at radius 3 is 1.77 bits per heavy atom. The smallest absolute Gasteiger partial charge is 0.0919 e. The lowest BCUT2D eigenvalue weighted by atomic mass is 10.1. The lowest BCUT2D eigenvalue weighted by Crippen LogP contribution is -1.77. The summed E-state index contributed by atoms with van der Waals surface area (Å²) >= 11 is 0. The summed E-state index contributed by atoms with van der Waals surface area (Å²) in [5.41, 5.74) is 10.1. The van der Waals surface area contributed by atoms with Crippen LogP contribution >= 0.6 is 0 Å². The van der Waals surface area contributed by atoms with Crippen molar-refractivity contribution in [1.29, 1.82) is 0 Å². The second kappa shape index (κ2) is 9.11. The molecule has 35 heavy (non-hydrogen) atoms. The van der Waals surface area contributed by atoms with Crippen molar-refractivity contribution >= 4 is 46.4 Å². The lowest BCUT2D eigenvalue weighted by molar-refractivity contribution is 1.31. The van der Waals surface area contributed by atoms with Crippen LogP contribution in [-0.2, 0) is 0 Å². The fraction of sp³-hybridized carbons (Fsp3) is 0. The van der Waals surface area contributed by atoms with Crippen molar-refractivity contribution in [3.05, 3.63) is 114 Å². The Morgan fingerprint density at radius 1 is 0.571 bits per heavy atom. The average Bonchev–Trinajstić information content (AvgIpc) is 3.69. The highest BCUT2D eigenvalue weighted by molar-refractivity contribution is 5.87. The van der Waals surface area contributed by atoms with Crippen LogP contribution in [0.5, 0.6) is 0 Å². The molecule has 0 saturated carbocycles. The lowest BCUT2D eigenvalue weighted by Gasteiger charge is -1.97. The van der Waals surface area contributed by atoms with Gasteiger partial charge in [-0.1, -0.05) is 30.3 Å². The number of rotatable bonds is 1. The Labute approximate surface area is 201 Å². The van der Waals surface area contributed by atoms with E-state index in [1.165, 1.54) is 5.56 Å². The topological polar surface area (TPSA) is 86.0 Å². The van der Waals surface area contributed by atoms with E-state index in [-0.39, 0.29) is 0 Å². The molecule has 0 spiro atoms. The fourth-order valence-corrected chi connectivity index (χ4v) is 4.09. The molecule has 1 aromatic carbocycles. The van der Waals surface area contributed by atoms with E-state index in [0.717, 1.165) is 50.4 Å². The van der Waals surface area contributed by atoms with E-state index in [4.69, 9.17) is 9.97 Å². The third-order valence-electron chi connectivity index (χ3n) is 5.66. The SMILES string of the molecule is C1=Cc2cc3cc(-c4ccccc4)c(cc4nc(cc5ccc(cc1n2)[nH]5)C=C4)[nH]3.c1c[nH]cn1. The fourth-order valence-electron chi connectivity index (χ4n) is 4.09.